The van der Waals surface area contributed by atoms with Crippen LogP contribution in [0.4, 0.5) is 5.82 Å². The lowest BCUT2D eigenvalue weighted by Gasteiger charge is -2.20. The minimum Gasteiger partial charge on any atom is -0.396 e. The summed E-state index contributed by atoms with van der Waals surface area (Å²) in [5.41, 5.74) is 8.05. The first kappa shape index (κ1) is 12.3. The number of hydrogen-bond acceptors (Lipinski definition) is 5. The van der Waals surface area contributed by atoms with E-state index < -0.39 is 0 Å². The summed E-state index contributed by atoms with van der Waals surface area (Å²) in [4.78, 5) is 12.7. The van der Waals surface area contributed by atoms with Crippen LogP contribution in [0, 0.1) is 5.92 Å². The third-order valence-corrected chi connectivity index (χ3v) is 4.36. The highest BCUT2D eigenvalue weighted by molar-refractivity contribution is 5.81. The lowest BCUT2D eigenvalue weighted by atomic mass is 10.0. The number of fused-ring (bicyclic) bond motifs is 1. The number of hydrogen-bond donors (Lipinski definition) is 2. The van der Waals surface area contributed by atoms with Crippen LogP contribution < -0.4 is 5.73 Å². The molecular weight excluding hydrogens is 266 g/mol. The van der Waals surface area contributed by atoms with Crippen LogP contribution in [0.5, 0.6) is 0 Å². The standard InChI is InChI=1S/C15H15N5O/c16-13-12-14(18-8-17-13)20(9-19-12)15(6-11(15)7-21)10-4-2-1-3-5-10/h1-5,8-9,11,21H,6-7H2,(H2,16,17,18)/t11-,15+/m1/s1. The van der Waals surface area contributed by atoms with Gasteiger partial charge in [0, 0.05) is 12.5 Å². The van der Waals surface area contributed by atoms with Crippen molar-refractivity contribution in [1.29, 1.82) is 0 Å². The number of aromatic nitrogens is 4. The van der Waals surface area contributed by atoms with Gasteiger partial charge in [-0.1, -0.05) is 30.3 Å². The molecule has 0 spiro atoms. The fraction of sp³-hybridized carbons (Fsp3) is 0.267. The van der Waals surface area contributed by atoms with Crippen molar-refractivity contribution in [1.82, 2.24) is 19.5 Å². The minimum absolute atomic E-state index is 0.134. The first-order valence-corrected chi connectivity index (χ1v) is 6.88. The van der Waals surface area contributed by atoms with Crippen molar-refractivity contribution < 1.29 is 5.11 Å². The number of aliphatic hydroxyl groups excluding tert-OH is 1. The molecule has 21 heavy (non-hydrogen) atoms. The van der Waals surface area contributed by atoms with Crippen molar-refractivity contribution in [3.63, 3.8) is 0 Å². The highest BCUT2D eigenvalue weighted by Crippen LogP contribution is 2.55. The monoisotopic (exact) mass is 281 g/mol. The van der Waals surface area contributed by atoms with Gasteiger partial charge < -0.3 is 15.4 Å². The highest BCUT2D eigenvalue weighted by atomic mass is 16.3. The molecule has 1 aromatic carbocycles. The summed E-state index contributed by atoms with van der Waals surface area (Å²) in [5.74, 6) is 0.539. The highest BCUT2D eigenvalue weighted by Gasteiger charge is 2.57. The second-order valence-electron chi connectivity index (χ2n) is 5.42. The lowest BCUT2D eigenvalue weighted by Crippen LogP contribution is -2.22. The Balaban J connectivity index is 1.95. The van der Waals surface area contributed by atoms with E-state index in [2.05, 4.69) is 27.1 Å². The Morgan fingerprint density at radius 3 is 2.76 bits per heavy atom. The Bertz CT molecular complexity index is 800. The van der Waals surface area contributed by atoms with E-state index in [0.29, 0.717) is 17.0 Å². The number of anilines is 1. The van der Waals surface area contributed by atoms with Gasteiger partial charge in [0.1, 0.15) is 11.8 Å². The Hall–Kier alpha value is -2.47. The number of benzene rings is 1. The third-order valence-electron chi connectivity index (χ3n) is 4.36. The maximum absolute atomic E-state index is 9.64. The van der Waals surface area contributed by atoms with Crippen molar-refractivity contribution in [3.05, 3.63) is 48.5 Å². The van der Waals surface area contributed by atoms with E-state index in [0.717, 1.165) is 12.0 Å². The zero-order valence-corrected chi connectivity index (χ0v) is 11.3. The second kappa shape index (κ2) is 4.26. The summed E-state index contributed by atoms with van der Waals surface area (Å²) in [6, 6.07) is 10.1. The maximum Gasteiger partial charge on any atom is 0.166 e. The van der Waals surface area contributed by atoms with Gasteiger partial charge in [0.05, 0.1) is 11.9 Å². The molecule has 1 fully saturated rings. The smallest absolute Gasteiger partial charge is 0.166 e. The topological polar surface area (TPSA) is 89.9 Å². The number of imidazole rings is 1. The molecule has 2 heterocycles. The minimum atomic E-state index is -0.286. The van der Waals surface area contributed by atoms with Crippen LogP contribution in [0.15, 0.2) is 43.0 Å². The number of nitrogen functional groups attached to an aromatic ring is 1. The van der Waals surface area contributed by atoms with Gasteiger partial charge in [-0.15, -0.1) is 0 Å². The van der Waals surface area contributed by atoms with Gasteiger partial charge in [0.15, 0.2) is 11.5 Å². The van der Waals surface area contributed by atoms with E-state index in [9.17, 15) is 5.11 Å². The molecule has 0 bridgehead atoms. The van der Waals surface area contributed by atoms with Crippen LogP contribution in [0.2, 0.25) is 0 Å². The molecule has 6 heteroatoms. The predicted octanol–water partition coefficient (Wildman–Crippen LogP) is 1.16. The molecule has 1 saturated carbocycles. The van der Waals surface area contributed by atoms with Gasteiger partial charge >= 0.3 is 0 Å². The SMILES string of the molecule is Nc1ncnc2c1ncn2[C@]1(c2ccccc2)C[C@@H]1CO. The number of aliphatic hydroxyl groups is 1. The molecule has 2 aromatic heterocycles. The molecule has 3 N–H and O–H groups in total. The van der Waals surface area contributed by atoms with E-state index in [1.165, 1.54) is 6.33 Å². The summed E-state index contributed by atoms with van der Waals surface area (Å²) in [6.07, 6.45) is 4.06. The Labute approximate surface area is 121 Å². The Morgan fingerprint density at radius 2 is 2.05 bits per heavy atom. The number of nitrogens with zero attached hydrogens (tertiary/aromatic N) is 4. The summed E-state index contributed by atoms with van der Waals surface area (Å²) in [5, 5.41) is 9.64. The quantitative estimate of drug-likeness (QED) is 0.752. The summed E-state index contributed by atoms with van der Waals surface area (Å²) < 4.78 is 2.02. The van der Waals surface area contributed by atoms with E-state index in [-0.39, 0.29) is 18.1 Å². The zero-order valence-electron chi connectivity index (χ0n) is 11.3. The molecule has 0 unspecified atom stereocenters. The van der Waals surface area contributed by atoms with Crippen molar-refractivity contribution in [2.45, 2.75) is 12.0 Å². The summed E-state index contributed by atoms with van der Waals surface area (Å²) in [7, 11) is 0. The van der Waals surface area contributed by atoms with Crippen molar-refractivity contribution in [2.24, 2.45) is 5.92 Å². The normalized spacial score (nSPS) is 24.3. The van der Waals surface area contributed by atoms with Gasteiger partial charge in [-0.25, -0.2) is 15.0 Å². The van der Waals surface area contributed by atoms with Crippen molar-refractivity contribution in [3.8, 4) is 0 Å². The average Bonchev–Trinajstić information content (AvgIpc) is 3.11. The second-order valence-corrected chi connectivity index (χ2v) is 5.42. The number of nitrogens with two attached hydrogens (primary N) is 1. The van der Waals surface area contributed by atoms with Crippen molar-refractivity contribution in [2.75, 3.05) is 12.3 Å². The molecule has 1 aliphatic carbocycles. The van der Waals surface area contributed by atoms with Crippen LogP contribution in [-0.4, -0.2) is 31.2 Å². The molecule has 2 atom stereocenters. The van der Waals surface area contributed by atoms with E-state index in [1.54, 1.807) is 6.33 Å². The third kappa shape index (κ3) is 1.59. The Kier molecular flexibility index (Phi) is 2.49. The fourth-order valence-electron chi connectivity index (χ4n) is 3.19. The molecule has 0 amide bonds. The fourth-order valence-corrected chi connectivity index (χ4v) is 3.19. The van der Waals surface area contributed by atoms with Crippen molar-refractivity contribution >= 4 is 17.0 Å². The lowest BCUT2D eigenvalue weighted by molar-refractivity contribution is 0.258. The predicted molar refractivity (Wildman–Crippen MR) is 78.4 cm³/mol. The molecule has 106 valence electrons. The average molecular weight is 281 g/mol. The van der Waals surface area contributed by atoms with Crippen LogP contribution >= 0.6 is 0 Å². The van der Waals surface area contributed by atoms with Gasteiger partial charge in [-0.05, 0) is 12.0 Å². The van der Waals surface area contributed by atoms with Crippen LogP contribution in [0.25, 0.3) is 11.2 Å². The van der Waals surface area contributed by atoms with Gasteiger partial charge in [-0.2, -0.15) is 0 Å². The van der Waals surface area contributed by atoms with Crippen LogP contribution in [-0.2, 0) is 5.54 Å². The Morgan fingerprint density at radius 1 is 1.24 bits per heavy atom. The summed E-state index contributed by atoms with van der Waals surface area (Å²) in [6.45, 7) is 0.134. The van der Waals surface area contributed by atoms with Gasteiger partial charge in [-0.3, -0.25) is 0 Å². The summed E-state index contributed by atoms with van der Waals surface area (Å²) >= 11 is 0. The molecule has 0 aliphatic heterocycles. The van der Waals surface area contributed by atoms with E-state index in [4.69, 9.17) is 5.73 Å². The van der Waals surface area contributed by atoms with Crippen LogP contribution in [0.3, 0.4) is 0 Å². The molecule has 3 aromatic rings. The molecule has 0 radical (unpaired) electrons. The molecule has 1 aliphatic rings. The first-order valence-electron chi connectivity index (χ1n) is 6.88. The zero-order chi connectivity index (χ0) is 14.4. The molecule has 4 rings (SSSR count). The number of rotatable bonds is 3. The van der Waals surface area contributed by atoms with Crippen LogP contribution in [0.1, 0.15) is 12.0 Å². The molecule has 0 saturated heterocycles. The van der Waals surface area contributed by atoms with E-state index >= 15 is 0 Å². The molecular formula is C15H15N5O. The largest absolute Gasteiger partial charge is 0.396 e. The van der Waals surface area contributed by atoms with Gasteiger partial charge in [0.25, 0.3) is 0 Å². The van der Waals surface area contributed by atoms with Gasteiger partial charge in [0.2, 0.25) is 0 Å². The first-order chi connectivity index (χ1) is 10.3. The molecule has 6 nitrogen and oxygen atoms in total. The maximum atomic E-state index is 9.64. The van der Waals surface area contributed by atoms with E-state index in [1.807, 2.05) is 22.8 Å².